The van der Waals surface area contributed by atoms with Crippen LogP contribution >= 0.6 is 0 Å². The van der Waals surface area contributed by atoms with Gasteiger partial charge in [-0.1, -0.05) is 30.3 Å². The van der Waals surface area contributed by atoms with E-state index in [2.05, 4.69) is 0 Å². The Morgan fingerprint density at radius 2 is 1.67 bits per heavy atom. The van der Waals surface area contributed by atoms with E-state index in [-0.39, 0.29) is 28.2 Å². The molecule has 13 heteroatoms. The Labute approximate surface area is 203 Å². The highest BCUT2D eigenvalue weighted by Gasteiger charge is 2.44. The van der Waals surface area contributed by atoms with E-state index >= 15 is 0 Å². The molecule has 0 saturated heterocycles. The van der Waals surface area contributed by atoms with Gasteiger partial charge >= 0.3 is 11.9 Å². The van der Waals surface area contributed by atoms with Crippen molar-refractivity contribution >= 4 is 29.0 Å². The fourth-order valence-corrected chi connectivity index (χ4v) is 3.96. The van der Waals surface area contributed by atoms with Crippen LogP contribution in [0, 0.1) is 38.5 Å². The summed E-state index contributed by atoms with van der Waals surface area (Å²) in [6.07, 6.45) is 0. The smallest absolute Gasteiger partial charge is 0.355 e. The molecule has 0 saturated carbocycles. The zero-order valence-electron chi connectivity index (χ0n) is 19.3. The first-order valence-corrected chi connectivity index (χ1v) is 10.2. The summed E-state index contributed by atoms with van der Waals surface area (Å²) in [6, 6.07) is 11.8. The molecule has 0 amide bonds. The molecule has 0 aliphatic carbocycles. The SMILES string of the molecule is COC(=O)C1=C(C(=O)OC)N(c2cc([N+](=O)[O-])cc([N+](=O)[O-])c2C)C(N)=C(C#N)C1c1ccccc1. The second kappa shape index (κ2) is 9.94. The number of allylic oxidation sites excluding steroid dienone is 1. The minimum atomic E-state index is -1.16. The van der Waals surface area contributed by atoms with Crippen LogP contribution in [0.2, 0.25) is 0 Å². The van der Waals surface area contributed by atoms with Gasteiger partial charge in [0.15, 0.2) is 0 Å². The van der Waals surface area contributed by atoms with Crippen LogP contribution in [0.5, 0.6) is 0 Å². The number of nitro benzene ring substituents is 2. The van der Waals surface area contributed by atoms with Gasteiger partial charge in [0.2, 0.25) is 0 Å². The summed E-state index contributed by atoms with van der Waals surface area (Å²) in [5, 5.41) is 33.2. The van der Waals surface area contributed by atoms with Crippen LogP contribution in [-0.4, -0.2) is 36.0 Å². The zero-order valence-corrected chi connectivity index (χ0v) is 19.3. The van der Waals surface area contributed by atoms with Crippen LogP contribution < -0.4 is 10.6 Å². The lowest BCUT2D eigenvalue weighted by Crippen LogP contribution is -2.41. The van der Waals surface area contributed by atoms with E-state index in [0.29, 0.717) is 5.56 Å². The number of hydrogen-bond donors (Lipinski definition) is 1. The molecule has 13 nitrogen and oxygen atoms in total. The fourth-order valence-electron chi connectivity index (χ4n) is 3.96. The van der Waals surface area contributed by atoms with Gasteiger partial charge in [0.25, 0.3) is 11.4 Å². The summed E-state index contributed by atoms with van der Waals surface area (Å²) < 4.78 is 9.80. The van der Waals surface area contributed by atoms with Crippen molar-refractivity contribution in [3.8, 4) is 6.07 Å². The van der Waals surface area contributed by atoms with E-state index in [9.17, 15) is 35.1 Å². The van der Waals surface area contributed by atoms with Gasteiger partial charge in [-0.3, -0.25) is 25.1 Å². The Balaban J connectivity index is 2.53. The molecule has 0 aromatic heterocycles. The number of nitrogens with zero attached hydrogens (tertiary/aromatic N) is 4. The van der Waals surface area contributed by atoms with Gasteiger partial charge in [0.1, 0.15) is 11.5 Å². The highest BCUT2D eigenvalue weighted by Crippen LogP contribution is 2.45. The van der Waals surface area contributed by atoms with E-state index < -0.39 is 44.8 Å². The van der Waals surface area contributed by atoms with Gasteiger partial charge in [-0.05, 0) is 12.5 Å². The van der Waals surface area contributed by atoms with Crippen LogP contribution in [-0.2, 0) is 19.1 Å². The minimum absolute atomic E-state index is 0.116. The molecule has 1 aliphatic rings. The predicted octanol–water partition coefficient (Wildman–Crippen LogP) is 2.71. The standard InChI is InChI=1S/C23H19N5O8/c1-12-16(9-14(27(31)32)10-17(12)28(33)34)26-20(23(30)36-3)19(22(29)35-2)18(15(11-24)21(26)25)13-7-5-4-6-8-13/h4-10,18H,25H2,1-3H3. The lowest BCUT2D eigenvalue weighted by Gasteiger charge is -2.36. The Bertz CT molecular complexity index is 1390. The van der Waals surface area contributed by atoms with Crippen LogP contribution in [0.15, 0.2) is 65.1 Å². The number of nitriles is 1. The number of methoxy groups -OCH3 is 2. The monoisotopic (exact) mass is 493 g/mol. The molecular formula is C23H19N5O8. The molecule has 36 heavy (non-hydrogen) atoms. The minimum Gasteiger partial charge on any atom is -0.466 e. The van der Waals surface area contributed by atoms with Crippen molar-refractivity contribution in [1.82, 2.24) is 0 Å². The number of nitrogens with two attached hydrogens (primary N) is 1. The maximum atomic E-state index is 13.1. The molecule has 1 aliphatic heterocycles. The summed E-state index contributed by atoms with van der Waals surface area (Å²) in [5.74, 6) is -3.64. The van der Waals surface area contributed by atoms with Crippen molar-refractivity contribution < 1.29 is 28.9 Å². The maximum Gasteiger partial charge on any atom is 0.355 e. The number of esters is 2. The molecule has 0 radical (unpaired) electrons. The molecule has 0 fully saturated rings. The van der Waals surface area contributed by atoms with E-state index in [4.69, 9.17) is 15.2 Å². The summed E-state index contributed by atoms with van der Waals surface area (Å²) >= 11 is 0. The Kier molecular flexibility index (Phi) is 7.00. The molecule has 0 bridgehead atoms. The molecule has 1 atom stereocenters. The van der Waals surface area contributed by atoms with E-state index in [1.54, 1.807) is 30.3 Å². The first-order valence-electron chi connectivity index (χ1n) is 10.2. The molecule has 1 unspecified atom stereocenters. The summed E-state index contributed by atoms with van der Waals surface area (Å²) in [4.78, 5) is 48.5. The van der Waals surface area contributed by atoms with Gasteiger partial charge < -0.3 is 15.2 Å². The van der Waals surface area contributed by atoms with Gasteiger partial charge in [-0.2, -0.15) is 5.26 Å². The molecule has 3 rings (SSSR count). The fraction of sp³-hybridized carbons (Fsp3) is 0.174. The van der Waals surface area contributed by atoms with Crippen molar-refractivity contribution in [3.63, 3.8) is 0 Å². The Hall–Kier alpha value is -5.25. The zero-order chi connectivity index (χ0) is 26.7. The molecule has 2 aromatic carbocycles. The van der Waals surface area contributed by atoms with Crippen molar-refractivity contribution in [3.05, 3.63) is 96.5 Å². The number of carbonyl (C=O) groups is 2. The number of hydrogen-bond acceptors (Lipinski definition) is 11. The lowest BCUT2D eigenvalue weighted by atomic mass is 9.80. The van der Waals surface area contributed by atoms with Crippen LogP contribution in [0.3, 0.4) is 0 Å². The highest BCUT2D eigenvalue weighted by molar-refractivity contribution is 6.06. The Morgan fingerprint density at radius 3 is 2.17 bits per heavy atom. The first-order chi connectivity index (χ1) is 17.1. The number of ether oxygens (including phenoxy) is 2. The third kappa shape index (κ3) is 4.18. The number of anilines is 1. The Morgan fingerprint density at radius 1 is 1.06 bits per heavy atom. The number of non-ortho nitro benzene ring substituents is 1. The average molecular weight is 493 g/mol. The quantitative estimate of drug-likeness (QED) is 0.353. The molecule has 184 valence electrons. The second-order valence-electron chi connectivity index (χ2n) is 7.46. The van der Waals surface area contributed by atoms with E-state index in [1.807, 2.05) is 6.07 Å². The summed E-state index contributed by atoms with van der Waals surface area (Å²) in [6.45, 7) is 1.28. The van der Waals surface area contributed by atoms with E-state index in [0.717, 1.165) is 31.3 Å². The first kappa shape index (κ1) is 25.4. The lowest BCUT2D eigenvalue weighted by molar-refractivity contribution is -0.394. The molecular weight excluding hydrogens is 474 g/mol. The largest absolute Gasteiger partial charge is 0.466 e. The van der Waals surface area contributed by atoms with Crippen molar-refractivity contribution in [2.45, 2.75) is 12.8 Å². The molecule has 2 N–H and O–H groups in total. The van der Waals surface area contributed by atoms with Crippen molar-refractivity contribution in [2.75, 3.05) is 19.1 Å². The van der Waals surface area contributed by atoms with Gasteiger partial charge in [-0.25, -0.2) is 9.59 Å². The third-order valence-corrected chi connectivity index (χ3v) is 5.60. The maximum absolute atomic E-state index is 13.1. The highest BCUT2D eigenvalue weighted by atomic mass is 16.6. The number of rotatable bonds is 6. The second-order valence-corrected chi connectivity index (χ2v) is 7.46. The van der Waals surface area contributed by atoms with Crippen LogP contribution in [0.25, 0.3) is 0 Å². The van der Waals surface area contributed by atoms with Crippen LogP contribution in [0.1, 0.15) is 17.0 Å². The summed E-state index contributed by atoms with van der Waals surface area (Å²) in [5.41, 5.74) is 4.03. The van der Waals surface area contributed by atoms with E-state index in [1.165, 1.54) is 6.92 Å². The van der Waals surface area contributed by atoms with Crippen LogP contribution in [0.4, 0.5) is 17.1 Å². The topological polar surface area (TPSA) is 192 Å². The number of benzene rings is 2. The van der Waals surface area contributed by atoms with Gasteiger partial charge in [-0.15, -0.1) is 0 Å². The molecule has 0 spiro atoms. The third-order valence-electron chi connectivity index (χ3n) is 5.60. The number of nitro groups is 2. The predicted molar refractivity (Wildman–Crippen MR) is 124 cm³/mol. The number of carbonyl (C=O) groups excluding carboxylic acids is 2. The normalized spacial score (nSPS) is 15.3. The molecule has 1 heterocycles. The van der Waals surface area contributed by atoms with Gasteiger partial charge in [0.05, 0.1) is 64.5 Å². The summed E-state index contributed by atoms with van der Waals surface area (Å²) in [7, 11) is 2.09. The average Bonchev–Trinajstić information content (AvgIpc) is 2.87. The molecule has 2 aromatic rings. The van der Waals surface area contributed by atoms with Crippen molar-refractivity contribution in [2.24, 2.45) is 5.73 Å². The van der Waals surface area contributed by atoms with Crippen molar-refractivity contribution in [1.29, 1.82) is 5.26 Å². The van der Waals surface area contributed by atoms with Gasteiger partial charge in [0, 0.05) is 6.07 Å².